The summed E-state index contributed by atoms with van der Waals surface area (Å²) in [6.07, 6.45) is 0. The molecule has 0 radical (unpaired) electrons. The molecule has 1 unspecified atom stereocenters. The minimum Gasteiger partial charge on any atom is -0.494 e. The summed E-state index contributed by atoms with van der Waals surface area (Å²) in [5, 5.41) is 2.00. The Morgan fingerprint density at radius 1 is 1.53 bits per heavy atom. The van der Waals surface area contributed by atoms with Gasteiger partial charge in [0, 0.05) is 22.9 Å². The number of thiazole rings is 1. The number of methoxy groups -OCH3 is 1. The van der Waals surface area contributed by atoms with Crippen LogP contribution in [0.1, 0.15) is 17.3 Å². The molecule has 1 heterocycles. The Kier molecular flexibility index (Phi) is 4.79. The van der Waals surface area contributed by atoms with E-state index >= 15 is 0 Å². The van der Waals surface area contributed by atoms with E-state index in [1.165, 1.54) is 13.2 Å². The van der Waals surface area contributed by atoms with Crippen LogP contribution in [-0.4, -0.2) is 17.8 Å². The number of nitrogens with zero attached hydrogens (tertiary/aromatic N) is 1. The summed E-state index contributed by atoms with van der Waals surface area (Å²) in [6, 6.07) is 4.59. The fourth-order valence-corrected chi connectivity index (χ4v) is 3.43. The van der Waals surface area contributed by atoms with Crippen LogP contribution >= 0.6 is 23.1 Å². The molecule has 0 fully saturated rings. The first-order valence-electron chi connectivity index (χ1n) is 5.74. The monoisotopic (exact) mass is 298 g/mol. The van der Waals surface area contributed by atoms with E-state index in [2.05, 4.69) is 4.98 Å². The van der Waals surface area contributed by atoms with Gasteiger partial charge < -0.3 is 10.5 Å². The maximum atomic E-state index is 13.6. The number of benzene rings is 1. The molecule has 0 saturated carbocycles. The van der Waals surface area contributed by atoms with Gasteiger partial charge in [-0.3, -0.25) is 0 Å². The zero-order valence-electron chi connectivity index (χ0n) is 10.7. The van der Waals surface area contributed by atoms with Gasteiger partial charge in [0.25, 0.3) is 0 Å². The predicted molar refractivity (Wildman–Crippen MR) is 77.5 cm³/mol. The highest BCUT2D eigenvalue weighted by Crippen LogP contribution is 2.27. The molecule has 0 bridgehead atoms. The molecule has 0 amide bonds. The Morgan fingerprint density at radius 3 is 2.89 bits per heavy atom. The average molecular weight is 298 g/mol. The van der Waals surface area contributed by atoms with Gasteiger partial charge in [-0.05, 0) is 24.6 Å². The molecule has 0 spiro atoms. The minimum absolute atomic E-state index is 0.227. The van der Waals surface area contributed by atoms with Crippen molar-refractivity contribution in [2.45, 2.75) is 17.3 Å². The van der Waals surface area contributed by atoms with Gasteiger partial charge in [-0.15, -0.1) is 11.3 Å². The third-order valence-corrected chi connectivity index (χ3v) is 4.85. The molecular formula is C13H15FN2OS2. The van der Waals surface area contributed by atoms with Crippen LogP contribution in [0.5, 0.6) is 5.75 Å². The number of ether oxygens (including phenoxy) is 1. The van der Waals surface area contributed by atoms with E-state index in [0.29, 0.717) is 5.75 Å². The summed E-state index contributed by atoms with van der Waals surface area (Å²) in [5.41, 5.74) is 7.83. The number of aryl methyl sites for hydroxylation is 1. The van der Waals surface area contributed by atoms with Gasteiger partial charge in [0.1, 0.15) is 4.34 Å². The van der Waals surface area contributed by atoms with Gasteiger partial charge in [-0.25, -0.2) is 9.37 Å². The lowest BCUT2D eigenvalue weighted by Crippen LogP contribution is -2.13. The maximum absolute atomic E-state index is 13.6. The highest BCUT2D eigenvalue weighted by Gasteiger charge is 2.11. The maximum Gasteiger partial charge on any atom is 0.165 e. The molecule has 1 aromatic carbocycles. The van der Waals surface area contributed by atoms with Gasteiger partial charge in [-0.2, -0.15) is 0 Å². The van der Waals surface area contributed by atoms with Crippen molar-refractivity contribution in [3.63, 3.8) is 0 Å². The van der Waals surface area contributed by atoms with Crippen LogP contribution in [-0.2, 0) is 0 Å². The molecule has 19 heavy (non-hydrogen) atoms. The zero-order valence-corrected chi connectivity index (χ0v) is 12.4. The Morgan fingerprint density at radius 2 is 2.32 bits per heavy atom. The predicted octanol–water partition coefficient (Wildman–Crippen LogP) is 3.39. The van der Waals surface area contributed by atoms with E-state index in [1.807, 2.05) is 12.3 Å². The second-order valence-electron chi connectivity index (χ2n) is 4.07. The van der Waals surface area contributed by atoms with Crippen molar-refractivity contribution in [3.05, 3.63) is 40.7 Å². The van der Waals surface area contributed by atoms with Crippen LogP contribution in [0.15, 0.2) is 27.9 Å². The lowest BCUT2D eigenvalue weighted by molar-refractivity contribution is 0.386. The average Bonchev–Trinajstić information content (AvgIpc) is 2.81. The van der Waals surface area contributed by atoms with Crippen molar-refractivity contribution in [1.82, 2.24) is 4.98 Å². The fraction of sp³-hybridized carbons (Fsp3) is 0.308. The minimum atomic E-state index is -0.384. The number of nitrogens with two attached hydrogens (primary N) is 1. The van der Waals surface area contributed by atoms with Gasteiger partial charge >= 0.3 is 0 Å². The van der Waals surface area contributed by atoms with Crippen molar-refractivity contribution < 1.29 is 9.13 Å². The molecule has 2 aromatic rings. The molecule has 1 aromatic heterocycles. The number of aromatic nitrogens is 1. The van der Waals surface area contributed by atoms with Gasteiger partial charge in [-0.1, -0.05) is 17.8 Å². The number of rotatable bonds is 5. The van der Waals surface area contributed by atoms with E-state index in [4.69, 9.17) is 10.5 Å². The van der Waals surface area contributed by atoms with Gasteiger partial charge in [0.2, 0.25) is 0 Å². The SMILES string of the molecule is COc1ccc(C(N)CSc2nc(C)cs2)cc1F. The lowest BCUT2D eigenvalue weighted by Gasteiger charge is -2.12. The zero-order chi connectivity index (χ0) is 13.8. The molecule has 2 rings (SSSR count). The van der Waals surface area contributed by atoms with E-state index in [0.717, 1.165) is 15.6 Å². The van der Waals surface area contributed by atoms with Gasteiger partial charge in [0.15, 0.2) is 11.6 Å². The van der Waals surface area contributed by atoms with Crippen molar-refractivity contribution >= 4 is 23.1 Å². The molecule has 0 saturated heterocycles. The smallest absolute Gasteiger partial charge is 0.165 e. The number of hydrogen-bond donors (Lipinski definition) is 1. The first-order chi connectivity index (χ1) is 9.10. The van der Waals surface area contributed by atoms with Crippen molar-refractivity contribution in [2.75, 3.05) is 12.9 Å². The third-order valence-electron chi connectivity index (χ3n) is 2.59. The highest BCUT2D eigenvalue weighted by atomic mass is 32.2. The number of halogens is 1. The molecule has 3 nitrogen and oxygen atoms in total. The van der Waals surface area contributed by atoms with Crippen LogP contribution in [0, 0.1) is 12.7 Å². The molecular weight excluding hydrogens is 283 g/mol. The summed E-state index contributed by atoms with van der Waals surface area (Å²) in [4.78, 5) is 4.35. The summed E-state index contributed by atoms with van der Waals surface area (Å²) in [7, 11) is 1.44. The molecule has 102 valence electrons. The topological polar surface area (TPSA) is 48.1 Å². The summed E-state index contributed by atoms with van der Waals surface area (Å²) < 4.78 is 19.5. The normalized spacial score (nSPS) is 12.4. The molecule has 1 atom stereocenters. The highest BCUT2D eigenvalue weighted by molar-refractivity contribution is 8.01. The van der Waals surface area contributed by atoms with Gasteiger partial charge in [0.05, 0.1) is 7.11 Å². The quantitative estimate of drug-likeness (QED) is 0.860. The second-order valence-corrected chi connectivity index (χ2v) is 6.19. The molecule has 0 aliphatic carbocycles. The third kappa shape index (κ3) is 3.68. The summed E-state index contributed by atoms with van der Waals surface area (Å²) in [5.74, 6) is 0.517. The van der Waals surface area contributed by atoms with E-state index in [-0.39, 0.29) is 17.6 Å². The Hall–Kier alpha value is -1.11. The van der Waals surface area contributed by atoms with E-state index in [9.17, 15) is 4.39 Å². The molecule has 2 N–H and O–H groups in total. The second kappa shape index (κ2) is 6.36. The van der Waals surface area contributed by atoms with Crippen LogP contribution in [0.2, 0.25) is 0 Å². The summed E-state index contributed by atoms with van der Waals surface area (Å²) in [6.45, 7) is 1.96. The lowest BCUT2D eigenvalue weighted by atomic mass is 10.1. The summed E-state index contributed by atoms with van der Waals surface area (Å²) >= 11 is 3.19. The Labute approximate surface area is 120 Å². The van der Waals surface area contributed by atoms with Crippen molar-refractivity contribution in [1.29, 1.82) is 0 Å². The number of hydrogen-bond acceptors (Lipinski definition) is 5. The molecule has 6 heteroatoms. The van der Waals surface area contributed by atoms with Crippen molar-refractivity contribution in [2.24, 2.45) is 5.73 Å². The van der Waals surface area contributed by atoms with Crippen molar-refractivity contribution in [3.8, 4) is 5.75 Å². The van der Waals surface area contributed by atoms with Crippen LogP contribution in [0.4, 0.5) is 4.39 Å². The van der Waals surface area contributed by atoms with E-state index in [1.54, 1.807) is 35.2 Å². The first kappa shape index (κ1) is 14.3. The Balaban J connectivity index is 1.99. The van der Waals surface area contributed by atoms with Crippen LogP contribution < -0.4 is 10.5 Å². The molecule has 0 aliphatic heterocycles. The standard InChI is InChI=1S/C13H15FN2OS2/c1-8-6-18-13(16-8)19-7-11(15)9-3-4-12(17-2)10(14)5-9/h3-6,11H,7,15H2,1-2H3. The first-order valence-corrected chi connectivity index (χ1v) is 7.60. The molecule has 0 aliphatic rings. The number of thioether (sulfide) groups is 1. The van der Waals surface area contributed by atoms with E-state index < -0.39 is 0 Å². The Bertz CT molecular complexity index is 559. The van der Waals surface area contributed by atoms with Crippen LogP contribution in [0.25, 0.3) is 0 Å². The van der Waals surface area contributed by atoms with Crippen LogP contribution in [0.3, 0.4) is 0 Å². The fourth-order valence-electron chi connectivity index (χ4n) is 1.57. The largest absolute Gasteiger partial charge is 0.494 e.